The number of nitrogens with one attached hydrogen (secondary N) is 3. The maximum Gasteiger partial charge on any atom is 0.322 e. The standard InChI is InChI=1S/C36H35N7O5/c1-22-31(35(44)37-20-24-18-29(46-2)33(48-4)30(19-24)47-3)32(27-16-14-26(15-17-27)25-8-6-5-7-9-25)38-36(45)43(22)21-23-10-12-28(13-11-23)34-39-41-42-40-34/h5-19,32H,20-21H2,1-4H3,(H,37,44)(H,38,45)(H,39,40,41,42). The van der Waals surface area contributed by atoms with Crippen molar-refractivity contribution in [1.29, 1.82) is 0 Å². The van der Waals surface area contributed by atoms with Gasteiger partial charge in [0.25, 0.3) is 5.91 Å². The molecule has 6 rings (SSSR count). The van der Waals surface area contributed by atoms with Crippen molar-refractivity contribution < 1.29 is 23.8 Å². The number of aromatic amines is 1. The highest BCUT2D eigenvalue weighted by Gasteiger charge is 2.35. The zero-order chi connectivity index (χ0) is 33.6. The Hall–Kier alpha value is -6.17. The molecule has 0 radical (unpaired) electrons. The molecule has 1 atom stereocenters. The number of nitrogens with zero attached hydrogens (tertiary/aromatic N) is 4. The molecule has 3 amide bonds. The van der Waals surface area contributed by atoms with Gasteiger partial charge in [-0.15, -0.1) is 10.2 Å². The summed E-state index contributed by atoms with van der Waals surface area (Å²) >= 11 is 0. The van der Waals surface area contributed by atoms with Crippen LogP contribution in [0.1, 0.15) is 29.7 Å². The van der Waals surface area contributed by atoms with Crippen LogP contribution in [-0.2, 0) is 17.9 Å². The van der Waals surface area contributed by atoms with E-state index in [0.717, 1.165) is 33.4 Å². The van der Waals surface area contributed by atoms with Crippen LogP contribution >= 0.6 is 0 Å². The van der Waals surface area contributed by atoms with Crippen molar-refractivity contribution >= 4 is 11.9 Å². The summed E-state index contributed by atoms with van der Waals surface area (Å²) in [6.45, 7) is 2.22. The number of amides is 3. The molecule has 48 heavy (non-hydrogen) atoms. The third kappa shape index (κ3) is 6.54. The van der Waals surface area contributed by atoms with Crippen LogP contribution in [0.2, 0.25) is 0 Å². The Kier molecular flexibility index (Phi) is 9.33. The van der Waals surface area contributed by atoms with Crippen LogP contribution in [0.25, 0.3) is 22.5 Å². The van der Waals surface area contributed by atoms with Crippen molar-refractivity contribution in [2.24, 2.45) is 0 Å². The van der Waals surface area contributed by atoms with Gasteiger partial charge in [-0.25, -0.2) is 4.79 Å². The summed E-state index contributed by atoms with van der Waals surface area (Å²) in [6.07, 6.45) is 0. The van der Waals surface area contributed by atoms with E-state index in [0.29, 0.717) is 34.3 Å². The number of carbonyl (C=O) groups is 2. The number of aromatic nitrogens is 4. The Morgan fingerprint density at radius 2 is 1.48 bits per heavy atom. The molecule has 1 aliphatic rings. The van der Waals surface area contributed by atoms with Gasteiger partial charge < -0.3 is 24.8 Å². The van der Waals surface area contributed by atoms with E-state index in [1.165, 1.54) is 7.11 Å². The molecule has 0 bridgehead atoms. The molecule has 0 saturated carbocycles. The van der Waals surface area contributed by atoms with E-state index >= 15 is 0 Å². The number of allylic oxidation sites excluding steroid dienone is 1. The number of rotatable bonds is 11. The minimum absolute atomic E-state index is 0.178. The Labute approximate surface area is 277 Å². The molecule has 0 saturated heterocycles. The molecule has 1 unspecified atom stereocenters. The number of methoxy groups -OCH3 is 3. The highest BCUT2D eigenvalue weighted by Crippen LogP contribution is 2.38. The number of hydrogen-bond acceptors (Lipinski definition) is 8. The van der Waals surface area contributed by atoms with Gasteiger partial charge >= 0.3 is 6.03 Å². The zero-order valence-corrected chi connectivity index (χ0v) is 27.0. The lowest BCUT2D eigenvalue weighted by atomic mass is 9.92. The summed E-state index contributed by atoms with van der Waals surface area (Å²) in [5.74, 6) is 1.57. The maximum atomic E-state index is 14.1. The summed E-state index contributed by atoms with van der Waals surface area (Å²) in [6, 6.07) is 28.0. The Morgan fingerprint density at radius 3 is 2.08 bits per heavy atom. The first-order valence-electron chi connectivity index (χ1n) is 15.2. The van der Waals surface area contributed by atoms with Crippen LogP contribution in [0.15, 0.2) is 102 Å². The fourth-order valence-electron chi connectivity index (χ4n) is 5.76. The summed E-state index contributed by atoms with van der Waals surface area (Å²) in [7, 11) is 4.62. The Balaban J connectivity index is 1.31. The molecule has 1 aliphatic heterocycles. The molecule has 244 valence electrons. The van der Waals surface area contributed by atoms with Gasteiger partial charge in [0.05, 0.1) is 39.5 Å². The molecule has 12 nitrogen and oxygen atoms in total. The van der Waals surface area contributed by atoms with Crippen LogP contribution in [0.5, 0.6) is 17.2 Å². The van der Waals surface area contributed by atoms with Gasteiger partial charge in [-0.1, -0.05) is 78.9 Å². The fourth-order valence-corrected chi connectivity index (χ4v) is 5.76. The van der Waals surface area contributed by atoms with Gasteiger partial charge in [0.1, 0.15) is 0 Å². The normalized spacial score (nSPS) is 14.4. The molecule has 0 spiro atoms. The molecule has 5 aromatic rings. The maximum absolute atomic E-state index is 14.1. The first-order chi connectivity index (χ1) is 23.4. The van der Waals surface area contributed by atoms with Crippen molar-refractivity contribution in [2.45, 2.75) is 26.1 Å². The molecule has 3 N–H and O–H groups in total. The minimum Gasteiger partial charge on any atom is -0.493 e. The number of hydrogen-bond donors (Lipinski definition) is 3. The van der Waals surface area contributed by atoms with Crippen molar-refractivity contribution in [3.63, 3.8) is 0 Å². The second-order valence-electron chi connectivity index (χ2n) is 11.1. The van der Waals surface area contributed by atoms with Gasteiger partial charge in [0, 0.05) is 17.8 Å². The van der Waals surface area contributed by atoms with Crippen LogP contribution in [-0.4, -0.2) is 58.8 Å². The lowest BCUT2D eigenvalue weighted by molar-refractivity contribution is -0.118. The van der Waals surface area contributed by atoms with Crippen molar-refractivity contribution in [3.8, 4) is 39.8 Å². The topological polar surface area (TPSA) is 144 Å². The quantitative estimate of drug-likeness (QED) is 0.173. The monoisotopic (exact) mass is 645 g/mol. The first-order valence-corrected chi connectivity index (χ1v) is 15.2. The number of ether oxygens (including phenoxy) is 3. The highest BCUT2D eigenvalue weighted by atomic mass is 16.5. The minimum atomic E-state index is -0.681. The second kappa shape index (κ2) is 14.1. The summed E-state index contributed by atoms with van der Waals surface area (Å²) < 4.78 is 16.4. The van der Waals surface area contributed by atoms with E-state index in [2.05, 4.69) is 31.3 Å². The number of tetrazole rings is 1. The van der Waals surface area contributed by atoms with Crippen molar-refractivity contribution in [3.05, 3.63) is 119 Å². The van der Waals surface area contributed by atoms with E-state index in [1.54, 1.807) is 38.2 Å². The molecule has 0 fully saturated rings. The van der Waals surface area contributed by atoms with Gasteiger partial charge in [-0.3, -0.25) is 9.69 Å². The molecule has 2 heterocycles. The fraction of sp³-hybridized carbons (Fsp3) is 0.194. The van der Waals surface area contributed by atoms with Crippen LogP contribution in [0.4, 0.5) is 4.79 Å². The van der Waals surface area contributed by atoms with E-state index in [4.69, 9.17) is 14.2 Å². The first kappa shape index (κ1) is 31.8. The Morgan fingerprint density at radius 1 is 0.833 bits per heavy atom. The van der Waals surface area contributed by atoms with Crippen LogP contribution in [0, 0.1) is 0 Å². The average molecular weight is 646 g/mol. The summed E-state index contributed by atoms with van der Waals surface area (Å²) in [5, 5.41) is 20.2. The molecule has 0 aliphatic carbocycles. The molecule has 4 aromatic carbocycles. The summed E-state index contributed by atoms with van der Waals surface area (Å²) in [4.78, 5) is 29.3. The van der Waals surface area contributed by atoms with Crippen molar-refractivity contribution in [2.75, 3.05) is 21.3 Å². The zero-order valence-electron chi connectivity index (χ0n) is 27.0. The lowest BCUT2D eigenvalue weighted by Gasteiger charge is -2.36. The summed E-state index contributed by atoms with van der Waals surface area (Å²) in [5.41, 5.74) is 6.25. The SMILES string of the molecule is COc1cc(CNC(=O)C2=C(C)N(Cc3ccc(-c4nn[nH]n4)cc3)C(=O)NC2c2ccc(-c3ccccc3)cc2)cc(OC)c1OC. The van der Waals surface area contributed by atoms with Crippen LogP contribution < -0.4 is 24.8 Å². The molecular weight excluding hydrogens is 610 g/mol. The largest absolute Gasteiger partial charge is 0.493 e. The van der Waals surface area contributed by atoms with Crippen molar-refractivity contribution in [1.82, 2.24) is 36.2 Å². The number of carbonyl (C=O) groups excluding carboxylic acids is 2. The predicted octanol–water partition coefficient (Wildman–Crippen LogP) is 5.42. The van der Waals surface area contributed by atoms with Gasteiger partial charge in [0.15, 0.2) is 11.5 Å². The van der Waals surface area contributed by atoms with E-state index in [-0.39, 0.29) is 25.0 Å². The average Bonchev–Trinajstić information content (AvgIpc) is 3.67. The number of urea groups is 1. The number of benzene rings is 4. The molecule has 1 aromatic heterocycles. The Bertz CT molecular complexity index is 1900. The smallest absolute Gasteiger partial charge is 0.322 e. The third-order valence-electron chi connectivity index (χ3n) is 8.27. The lowest BCUT2D eigenvalue weighted by Crippen LogP contribution is -2.48. The molecule has 12 heteroatoms. The van der Waals surface area contributed by atoms with E-state index < -0.39 is 6.04 Å². The van der Waals surface area contributed by atoms with Crippen LogP contribution in [0.3, 0.4) is 0 Å². The highest BCUT2D eigenvalue weighted by molar-refractivity contribution is 5.98. The molecular formula is C36H35N7O5. The van der Waals surface area contributed by atoms with E-state index in [1.807, 2.05) is 78.9 Å². The van der Waals surface area contributed by atoms with Gasteiger partial charge in [-0.05, 0) is 52.1 Å². The third-order valence-corrected chi connectivity index (χ3v) is 8.27. The van der Waals surface area contributed by atoms with Gasteiger partial charge in [0.2, 0.25) is 11.6 Å². The predicted molar refractivity (Wildman–Crippen MR) is 179 cm³/mol. The number of H-pyrrole nitrogens is 1. The van der Waals surface area contributed by atoms with Gasteiger partial charge in [-0.2, -0.15) is 5.21 Å². The second-order valence-corrected chi connectivity index (χ2v) is 11.1. The van der Waals surface area contributed by atoms with E-state index in [9.17, 15) is 9.59 Å².